The lowest BCUT2D eigenvalue weighted by atomic mass is 10.0. The number of hydrogen-bond donors (Lipinski definition) is 1. The molecule has 5 fully saturated rings. The first-order chi connectivity index (χ1) is 11.2. The summed E-state index contributed by atoms with van der Waals surface area (Å²) in [6.07, 6.45) is 5.18. The number of epoxide rings is 1. The zero-order valence-corrected chi connectivity index (χ0v) is 13.4. The van der Waals surface area contributed by atoms with Crippen LogP contribution in [-0.4, -0.2) is 78.9 Å². The van der Waals surface area contributed by atoms with Gasteiger partial charge in [-0.2, -0.15) is 0 Å². The highest BCUT2D eigenvalue weighted by Crippen LogP contribution is 2.46. The van der Waals surface area contributed by atoms with Crippen molar-refractivity contribution in [2.24, 2.45) is 0 Å². The number of carbonyl (C=O) groups is 1. The highest BCUT2D eigenvalue weighted by molar-refractivity contribution is 5.74. The van der Waals surface area contributed by atoms with Gasteiger partial charge in [0.25, 0.3) is 0 Å². The number of hydrogen-bond acceptors (Lipinski definition) is 5. The maximum Gasteiger partial charge on any atom is 0.320 e. The van der Waals surface area contributed by atoms with E-state index in [0.717, 1.165) is 38.8 Å². The topological polar surface area (TPSA) is 76.5 Å². The molecular weight excluding hydrogens is 298 g/mol. The fourth-order valence-corrected chi connectivity index (χ4v) is 3.85. The van der Waals surface area contributed by atoms with E-state index in [0.29, 0.717) is 37.9 Å². The van der Waals surface area contributed by atoms with Crippen molar-refractivity contribution in [2.45, 2.75) is 62.4 Å². The predicted molar refractivity (Wildman–Crippen MR) is 80.8 cm³/mol. The molecule has 0 radical (unpaired) electrons. The molecule has 0 aromatic heterocycles. The lowest BCUT2D eigenvalue weighted by Crippen LogP contribution is -2.54. The van der Waals surface area contributed by atoms with Gasteiger partial charge in [-0.05, 0) is 19.3 Å². The summed E-state index contributed by atoms with van der Waals surface area (Å²) in [4.78, 5) is 16.6. The van der Waals surface area contributed by atoms with E-state index in [1.807, 2.05) is 9.80 Å². The highest BCUT2D eigenvalue weighted by atomic mass is 16.8. The van der Waals surface area contributed by atoms with Crippen molar-refractivity contribution in [2.75, 3.05) is 32.8 Å². The standard InChI is InChI=1S/C16H25N3O4/c20-15(18-6-2-1-3-7-18)19-8-4-16(5-9-19,22-11-10-21-11)23-14-12-13(14)17-12/h11-14,17H,1-10H2. The maximum atomic E-state index is 12.6. The van der Waals surface area contributed by atoms with E-state index < -0.39 is 5.79 Å². The number of carbonyl (C=O) groups excluding carboxylic acids is 1. The summed E-state index contributed by atoms with van der Waals surface area (Å²) in [5, 5.41) is 3.31. The molecule has 4 aliphatic heterocycles. The third-order valence-corrected chi connectivity index (χ3v) is 5.65. The quantitative estimate of drug-likeness (QED) is 0.602. The van der Waals surface area contributed by atoms with E-state index in [2.05, 4.69) is 5.32 Å². The second kappa shape index (κ2) is 5.31. The minimum atomic E-state index is -0.556. The number of piperidine rings is 2. The van der Waals surface area contributed by atoms with Gasteiger partial charge in [-0.1, -0.05) is 0 Å². The van der Waals surface area contributed by atoms with Crippen molar-refractivity contribution in [3.05, 3.63) is 0 Å². The van der Waals surface area contributed by atoms with Crippen LogP contribution in [0, 0.1) is 0 Å². The van der Waals surface area contributed by atoms with Gasteiger partial charge >= 0.3 is 6.03 Å². The van der Waals surface area contributed by atoms with E-state index in [9.17, 15) is 4.79 Å². The first kappa shape index (κ1) is 14.5. The van der Waals surface area contributed by atoms with Gasteiger partial charge in [0.05, 0.1) is 18.2 Å². The average Bonchev–Trinajstić information content (AvgIpc) is 3.46. The number of ether oxygens (including phenoxy) is 3. The smallest absolute Gasteiger partial charge is 0.320 e. The molecule has 5 rings (SSSR count). The molecule has 128 valence electrons. The molecule has 2 amide bonds. The molecule has 4 heterocycles. The summed E-state index contributed by atoms with van der Waals surface area (Å²) in [6.45, 7) is 3.88. The Morgan fingerprint density at radius 3 is 2.22 bits per heavy atom. The summed E-state index contributed by atoms with van der Waals surface area (Å²) in [5.41, 5.74) is 0. The second-order valence-corrected chi connectivity index (χ2v) is 7.41. The van der Waals surface area contributed by atoms with Crippen LogP contribution < -0.4 is 5.32 Å². The number of fused-ring (bicyclic) bond motifs is 1. The number of amides is 2. The van der Waals surface area contributed by atoms with Gasteiger partial charge in [-0.15, -0.1) is 0 Å². The molecule has 1 aliphatic carbocycles. The van der Waals surface area contributed by atoms with E-state index in [1.165, 1.54) is 6.42 Å². The van der Waals surface area contributed by atoms with Crippen LogP contribution in [0.25, 0.3) is 0 Å². The number of nitrogens with one attached hydrogen (secondary N) is 1. The number of urea groups is 1. The van der Waals surface area contributed by atoms with Gasteiger partial charge in [0.15, 0.2) is 12.1 Å². The molecule has 1 saturated carbocycles. The molecule has 7 nitrogen and oxygen atoms in total. The number of likely N-dealkylation sites (tertiary alicyclic amines) is 2. The normalized spacial score (nSPS) is 40.5. The molecule has 0 spiro atoms. The van der Waals surface area contributed by atoms with Crippen LogP contribution in [-0.2, 0) is 14.2 Å². The predicted octanol–water partition coefficient (Wildman–Crippen LogP) is 0.497. The first-order valence-electron chi connectivity index (χ1n) is 9.01. The summed E-state index contributed by atoms with van der Waals surface area (Å²) >= 11 is 0. The van der Waals surface area contributed by atoms with E-state index in [1.54, 1.807) is 0 Å². The van der Waals surface area contributed by atoms with Gasteiger partial charge < -0.3 is 29.3 Å². The number of nitrogens with zero attached hydrogens (tertiary/aromatic N) is 2. The van der Waals surface area contributed by atoms with Gasteiger partial charge in [0, 0.05) is 39.0 Å². The van der Waals surface area contributed by atoms with Crippen LogP contribution >= 0.6 is 0 Å². The minimum absolute atomic E-state index is 0.109. The van der Waals surface area contributed by atoms with Gasteiger partial charge in [-0.3, -0.25) is 0 Å². The fraction of sp³-hybridized carbons (Fsp3) is 0.938. The third-order valence-electron chi connectivity index (χ3n) is 5.65. The molecule has 0 aromatic rings. The van der Waals surface area contributed by atoms with E-state index in [-0.39, 0.29) is 12.3 Å². The summed E-state index contributed by atoms with van der Waals surface area (Å²) < 4.78 is 17.6. The molecule has 1 N–H and O–H groups in total. The van der Waals surface area contributed by atoms with Crippen LogP contribution in [0.15, 0.2) is 0 Å². The van der Waals surface area contributed by atoms with Gasteiger partial charge in [0.2, 0.25) is 0 Å². The molecule has 3 unspecified atom stereocenters. The largest absolute Gasteiger partial charge is 0.345 e. The van der Waals surface area contributed by atoms with Crippen molar-refractivity contribution < 1.29 is 19.0 Å². The minimum Gasteiger partial charge on any atom is -0.345 e. The van der Waals surface area contributed by atoms with Crippen molar-refractivity contribution in [3.8, 4) is 0 Å². The Morgan fingerprint density at radius 2 is 1.65 bits per heavy atom. The monoisotopic (exact) mass is 323 g/mol. The summed E-state index contributed by atoms with van der Waals surface area (Å²) in [6, 6.07) is 1.28. The molecule has 4 saturated heterocycles. The first-order valence-corrected chi connectivity index (χ1v) is 9.01. The van der Waals surface area contributed by atoms with Crippen molar-refractivity contribution in [1.82, 2.24) is 15.1 Å². The third kappa shape index (κ3) is 2.84. The van der Waals surface area contributed by atoms with Gasteiger partial charge in [0.1, 0.15) is 6.61 Å². The Hall–Kier alpha value is -0.890. The highest BCUT2D eigenvalue weighted by Gasteiger charge is 2.68. The second-order valence-electron chi connectivity index (χ2n) is 7.41. The van der Waals surface area contributed by atoms with E-state index in [4.69, 9.17) is 14.2 Å². The van der Waals surface area contributed by atoms with Crippen molar-refractivity contribution >= 4 is 6.03 Å². The van der Waals surface area contributed by atoms with Crippen LogP contribution in [0.5, 0.6) is 0 Å². The molecule has 3 atom stereocenters. The Balaban J connectivity index is 1.19. The average molecular weight is 323 g/mol. The van der Waals surface area contributed by atoms with Crippen LogP contribution in [0.4, 0.5) is 4.79 Å². The molecule has 0 aromatic carbocycles. The molecule has 7 heteroatoms. The van der Waals surface area contributed by atoms with Crippen LogP contribution in [0.3, 0.4) is 0 Å². The van der Waals surface area contributed by atoms with E-state index >= 15 is 0 Å². The molecule has 23 heavy (non-hydrogen) atoms. The lowest BCUT2D eigenvalue weighted by molar-refractivity contribution is -0.282. The zero-order chi connectivity index (χ0) is 15.4. The van der Waals surface area contributed by atoms with Gasteiger partial charge in [-0.25, -0.2) is 4.79 Å². The summed E-state index contributed by atoms with van der Waals surface area (Å²) in [7, 11) is 0. The Labute approximate surface area is 136 Å². The Bertz CT molecular complexity index is 476. The molecule has 0 bridgehead atoms. The fourth-order valence-electron chi connectivity index (χ4n) is 3.85. The summed E-state index contributed by atoms with van der Waals surface area (Å²) in [5.74, 6) is -0.556. The van der Waals surface area contributed by atoms with Crippen LogP contribution in [0.2, 0.25) is 0 Å². The Morgan fingerprint density at radius 1 is 1.00 bits per heavy atom. The van der Waals surface area contributed by atoms with Crippen molar-refractivity contribution in [3.63, 3.8) is 0 Å². The Kier molecular flexibility index (Phi) is 3.33. The zero-order valence-electron chi connectivity index (χ0n) is 13.4. The van der Waals surface area contributed by atoms with Crippen molar-refractivity contribution in [1.29, 1.82) is 0 Å². The number of rotatable bonds is 4. The molecule has 5 aliphatic rings. The maximum absolute atomic E-state index is 12.6. The SMILES string of the molecule is O=C(N1CCCCC1)N1CCC(OC2CO2)(OC2C3NC32)CC1. The van der Waals surface area contributed by atoms with Crippen LogP contribution in [0.1, 0.15) is 32.1 Å². The lowest BCUT2D eigenvalue weighted by Gasteiger charge is -2.43. The molecular formula is C16H25N3O4.